The van der Waals surface area contributed by atoms with E-state index in [0.29, 0.717) is 18.0 Å². The summed E-state index contributed by atoms with van der Waals surface area (Å²) in [4.78, 5) is 27.6. The number of rotatable bonds is 4. The molecule has 6 nitrogen and oxygen atoms in total. The molecule has 0 spiro atoms. The molecular weight excluding hydrogens is 352 g/mol. The van der Waals surface area contributed by atoms with Crippen LogP contribution < -0.4 is 4.74 Å². The zero-order valence-electron chi connectivity index (χ0n) is 15.8. The van der Waals surface area contributed by atoms with Crippen molar-refractivity contribution >= 4 is 5.91 Å². The third-order valence-electron chi connectivity index (χ3n) is 4.90. The second kappa shape index (κ2) is 8.17. The van der Waals surface area contributed by atoms with Crippen molar-refractivity contribution in [2.45, 2.75) is 25.7 Å². The minimum Gasteiger partial charge on any atom is -0.437 e. The van der Waals surface area contributed by atoms with Crippen molar-refractivity contribution in [1.29, 1.82) is 0 Å². The molecule has 0 radical (unpaired) electrons. The lowest BCUT2D eigenvalue weighted by atomic mass is 9.94. The first-order chi connectivity index (χ1) is 13.7. The van der Waals surface area contributed by atoms with Gasteiger partial charge in [0.1, 0.15) is 5.75 Å². The summed E-state index contributed by atoms with van der Waals surface area (Å²) in [6.45, 7) is 3.40. The van der Waals surface area contributed by atoms with E-state index in [9.17, 15) is 4.79 Å². The van der Waals surface area contributed by atoms with Crippen LogP contribution in [0.2, 0.25) is 0 Å². The molecule has 0 unspecified atom stereocenters. The lowest BCUT2D eigenvalue weighted by molar-refractivity contribution is 0.0705. The van der Waals surface area contributed by atoms with Gasteiger partial charge >= 0.3 is 0 Å². The Morgan fingerprint density at radius 2 is 2.00 bits per heavy atom. The molecule has 3 heterocycles. The molecule has 0 aliphatic carbocycles. The molecule has 1 fully saturated rings. The fourth-order valence-corrected chi connectivity index (χ4v) is 3.49. The number of nitrogens with zero attached hydrogens (tertiary/aromatic N) is 4. The second-order valence-electron chi connectivity index (χ2n) is 7.03. The van der Waals surface area contributed by atoms with Crippen LogP contribution in [0.1, 0.15) is 40.4 Å². The molecule has 1 amide bonds. The average Bonchev–Trinajstić information content (AvgIpc) is 2.74. The summed E-state index contributed by atoms with van der Waals surface area (Å²) in [5, 5.41) is 0. The number of piperidine rings is 1. The molecule has 3 aromatic rings. The first-order valence-corrected chi connectivity index (χ1v) is 9.45. The number of ether oxygens (including phenoxy) is 1. The van der Waals surface area contributed by atoms with E-state index in [0.717, 1.165) is 36.4 Å². The van der Waals surface area contributed by atoms with E-state index < -0.39 is 0 Å². The number of carbonyl (C=O) groups is 1. The Kier molecular flexibility index (Phi) is 5.28. The quantitative estimate of drug-likeness (QED) is 0.691. The highest BCUT2D eigenvalue weighted by Crippen LogP contribution is 2.28. The molecule has 4 rings (SSSR count). The molecule has 142 valence electrons. The first kappa shape index (κ1) is 18.1. The summed E-state index contributed by atoms with van der Waals surface area (Å²) in [6, 6.07) is 11.3. The summed E-state index contributed by atoms with van der Waals surface area (Å²) in [6.07, 6.45) is 8.59. The number of carbonyl (C=O) groups excluding carboxylic acids is 1. The molecule has 1 aliphatic heterocycles. The number of hydrogen-bond acceptors (Lipinski definition) is 5. The monoisotopic (exact) mass is 374 g/mol. The predicted molar refractivity (Wildman–Crippen MR) is 105 cm³/mol. The molecule has 28 heavy (non-hydrogen) atoms. The standard InChI is InChI=1S/C22H22N4O2/c1-16-4-2-6-19(12-16)28-21-14-24-13-20(25-21)18-5-3-11-26(15-18)22(27)17-7-9-23-10-8-17/h2,4,6-10,12-14,18H,3,5,11,15H2,1H3/t18-/m0/s1. The molecule has 1 atom stereocenters. The van der Waals surface area contributed by atoms with Crippen molar-refractivity contribution in [1.82, 2.24) is 19.9 Å². The van der Waals surface area contributed by atoms with Crippen molar-refractivity contribution in [3.8, 4) is 11.6 Å². The van der Waals surface area contributed by atoms with E-state index in [1.807, 2.05) is 36.1 Å². The van der Waals surface area contributed by atoms with Gasteiger partial charge in [0.2, 0.25) is 5.88 Å². The van der Waals surface area contributed by atoms with Crippen molar-refractivity contribution < 1.29 is 9.53 Å². The topological polar surface area (TPSA) is 68.2 Å². The number of benzene rings is 1. The Labute approximate surface area is 164 Å². The van der Waals surface area contributed by atoms with Crippen molar-refractivity contribution in [2.75, 3.05) is 13.1 Å². The van der Waals surface area contributed by atoms with Crippen LogP contribution in [0.5, 0.6) is 11.6 Å². The average molecular weight is 374 g/mol. The summed E-state index contributed by atoms with van der Waals surface area (Å²) in [7, 11) is 0. The van der Waals surface area contributed by atoms with Crippen LogP contribution in [0, 0.1) is 6.92 Å². The predicted octanol–water partition coefficient (Wildman–Crippen LogP) is 3.99. The van der Waals surface area contributed by atoms with Crippen LogP contribution in [0.25, 0.3) is 0 Å². The van der Waals surface area contributed by atoms with Crippen molar-refractivity contribution in [2.24, 2.45) is 0 Å². The van der Waals surface area contributed by atoms with Gasteiger partial charge < -0.3 is 9.64 Å². The molecule has 1 saturated heterocycles. The van der Waals surface area contributed by atoms with Crippen LogP contribution in [-0.2, 0) is 0 Å². The van der Waals surface area contributed by atoms with E-state index >= 15 is 0 Å². The lowest BCUT2D eigenvalue weighted by Crippen LogP contribution is -2.39. The SMILES string of the molecule is Cc1cccc(Oc2cncc([C@H]3CCCN(C(=O)c4ccncc4)C3)n2)c1. The van der Waals surface area contributed by atoms with Gasteiger partial charge in [-0.15, -0.1) is 0 Å². The Balaban J connectivity index is 1.48. The fourth-order valence-electron chi connectivity index (χ4n) is 3.49. The van der Waals surface area contributed by atoms with Crippen LogP contribution in [-0.4, -0.2) is 38.8 Å². The highest BCUT2D eigenvalue weighted by Gasteiger charge is 2.26. The molecule has 2 aromatic heterocycles. The van der Waals surface area contributed by atoms with Crippen LogP contribution in [0.4, 0.5) is 0 Å². The Morgan fingerprint density at radius 1 is 1.14 bits per heavy atom. The van der Waals surface area contributed by atoms with E-state index in [4.69, 9.17) is 4.74 Å². The van der Waals surface area contributed by atoms with Crippen LogP contribution in [0.3, 0.4) is 0 Å². The number of amides is 1. The molecule has 0 N–H and O–H groups in total. The van der Waals surface area contributed by atoms with Gasteiger partial charge in [-0.25, -0.2) is 4.98 Å². The largest absolute Gasteiger partial charge is 0.437 e. The molecule has 6 heteroatoms. The Hall–Kier alpha value is -3.28. The summed E-state index contributed by atoms with van der Waals surface area (Å²) >= 11 is 0. The smallest absolute Gasteiger partial charge is 0.253 e. The van der Waals surface area contributed by atoms with Gasteiger partial charge in [0.05, 0.1) is 11.9 Å². The number of aryl methyl sites for hydroxylation is 1. The zero-order valence-corrected chi connectivity index (χ0v) is 15.8. The Morgan fingerprint density at radius 3 is 2.82 bits per heavy atom. The number of hydrogen-bond donors (Lipinski definition) is 0. The van der Waals surface area contributed by atoms with E-state index in [-0.39, 0.29) is 11.8 Å². The van der Waals surface area contributed by atoms with Gasteiger partial charge in [-0.05, 0) is 49.6 Å². The van der Waals surface area contributed by atoms with Gasteiger partial charge in [0, 0.05) is 43.2 Å². The Bertz CT molecular complexity index is 962. The third-order valence-corrected chi connectivity index (χ3v) is 4.90. The highest BCUT2D eigenvalue weighted by molar-refractivity contribution is 5.94. The fraction of sp³-hybridized carbons (Fsp3) is 0.273. The van der Waals surface area contributed by atoms with Gasteiger partial charge in [0.15, 0.2) is 0 Å². The molecule has 0 saturated carbocycles. The van der Waals surface area contributed by atoms with Gasteiger partial charge in [-0.1, -0.05) is 12.1 Å². The normalized spacial score (nSPS) is 16.6. The number of pyridine rings is 1. The third kappa shape index (κ3) is 4.17. The minimum absolute atomic E-state index is 0.0345. The maximum absolute atomic E-state index is 12.8. The molecule has 1 aromatic carbocycles. The lowest BCUT2D eigenvalue weighted by Gasteiger charge is -2.32. The molecule has 1 aliphatic rings. The summed E-state index contributed by atoms with van der Waals surface area (Å²) < 4.78 is 5.87. The van der Waals surface area contributed by atoms with E-state index in [2.05, 4.69) is 15.0 Å². The molecular formula is C22H22N4O2. The maximum atomic E-state index is 12.8. The van der Waals surface area contributed by atoms with E-state index in [1.165, 1.54) is 0 Å². The molecule has 0 bridgehead atoms. The van der Waals surface area contributed by atoms with E-state index in [1.54, 1.807) is 36.9 Å². The second-order valence-corrected chi connectivity index (χ2v) is 7.03. The van der Waals surface area contributed by atoms with Crippen molar-refractivity contribution in [3.05, 3.63) is 78.0 Å². The number of likely N-dealkylation sites (tertiary alicyclic amines) is 1. The summed E-state index contributed by atoms with van der Waals surface area (Å²) in [5.74, 6) is 1.39. The van der Waals surface area contributed by atoms with Crippen molar-refractivity contribution in [3.63, 3.8) is 0 Å². The van der Waals surface area contributed by atoms with Gasteiger partial charge in [0.25, 0.3) is 5.91 Å². The number of aromatic nitrogens is 3. The van der Waals surface area contributed by atoms with Crippen LogP contribution in [0.15, 0.2) is 61.2 Å². The van der Waals surface area contributed by atoms with Crippen LogP contribution >= 0.6 is 0 Å². The summed E-state index contributed by atoms with van der Waals surface area (Å²) in [5.41, 5.74) is 2.65. The first-order valence-electron chi connectivity index (χ1n) is 9.45. The zero-order chi connectivity index (χ0) is 19.3. The van der Waals surface area contributed by atoms with Gasteiger partial charge in [-0.3, -0.25) is 14.8 Å². The maximum Gasteiger partial charge on any atom is 0.253 e. The highest BCUT2D eigenvalue weighted by atomic mass is 16.5. The van der Waals surface area contributed by atoms with Gasteiger partial charge in [-0.2, -0.15) is 0 Å². The minimum atomic E-state index is 0.0345.